The lowest BCUT2D eigenvalue weighted by atomic mass is 9.83. The van der Waals surface area contributed by atoms with E-state index in [1.54, 1.807) is 0 Å². The Bertz CT molecular complexity index is 324. The molecule has 0 bridgehead atoms. The maximum Gasteiger partial charge on any atom is 0.0865 e. The van der Waals surface area contributed by atoms with Crippen LogP contribution in [0.15, 0.2) is 0 Å². The topological polar surface area (TPSA) is 75.6 Å². The van der Waals surface area contributed by atoms with Gasteiger partial charge in [-0.25, -0.2) is 0 Å². The van der Waals surface area contributed by atoms with Crippen molar-refractivity contribution < 1.29 is 33.5 Å². The maximum atomic E-state index is 10.3. The standard InChI is InChI=1S/C17H32O7/c1-17(18)3-2-15-16(14-17)24-13-11-22-9-7-20-5-4-19-6-8-21-10-12-23-15/h15-16,18H,2-14H2,1H3. The molecule has 0 radical (unpaired) electrons. The van der Waals surface area contributed by atoms with Gasteiger partial charge in [-0.2, -0.15) is 0 Å². The van der Waals surface area contributed by atoms with Crippen molar-refractivity contribution >= 4 is 0 Å². The van der Waals surface area contributed by atoms with E-state index in [0.29, 0.717) is 72.5 Å². The number of ether oxygens (including phenoxy) is 6. The van der Waals surface area contributed by atoms with Crippen LogP contribution in [0.2, 0.25) is 0 Å². The number of fused-ring (bicyclic) bond motifs is 1. The van der Waals surface area contributed by atoms with E-state index in [1.807, 2.05) is 6.92 Å². The molecule has 0 aromatic rings. The monoisotopic (exact) mass is 348 g/mol. The summed E-state index contributed by atoms with van der Waals surface area (Å²) in [4.78, 5) is 0. The van der Waals surface area contributed by atoms with Gasteiger partial charge in [0.25, 0.3) is 0 Å². The first-order valence-electron chi connectivity index (χ1n) is 8.94. The molecule has 1 heterocycles. The summed E-state index contributed by atoms with van der Waals surface area (Å²) < 4.78 is 33.6. The van der Waals surface area contributed by atoms with Gasteiger partial charge in [-0.3, -0.25) is 0 Å². The zero-order valence-corrected chi connectivity index (χ0v) is 14.7. The lowest BCUT2D eigenvalue weighted by molar-refractivity contribution is -0.150. The summed E-state index contributed by atoms with van der Waals surface area (Å²) in [5.74, 6) is 0. The van der Waals surface area contributed by atoms with Gasteiger partial charge in [0.2, 0.25) is 0 Å². The second kappa shape index (κ2) is 11.4. The second-order valence-electron chi connectivity index (χ2n) is 6.51. The zero-order chi connectivity index (χ0) is 17.1. The summed E-state index contributed by atoms with van der Waals surface area (Å²) in [5, 5.41) is 10.3. The fourth-order valence-electron chi connectivity index (χ4n) is 2.94. The van der Waals surface area contributed by atoms with Crippen LogP contribution in [0.25, 0.3) is 0 Å². The molecule has 1 aliphatic carbocycles. The normalized spacial score (nSPS) is 36.2. The minimum atomic E-state index is -0.690. The van der Waals surface area contributed by atoms with Gasteiger partial charge in [-0.05, 0) is 19.8 Å². The Balaban J connectivity index is 1.77. The Hall–Kier alpha value is -0.280. The summed E-state index contributed by atoms with van der Waals surface area (Å²) in [6, 6.07) is 0. The molecule has 3 unspecified atom stereocenters. The highest BCUT2D eigenvalue weighted by Crippen LogP contribution is 2.31. The van der Waals surface area contributed by atoms with Crippen LogP contribution < -0.4 is 0 Å². The van der Waals surface area contributed by atoms with Gasteiger partial charge >= 0.3 is 0 Å². The molecule has 1 aliphatic heterocycles. The summed E-state index contributed by atoms with van der Waals surface area (Å²) >= 11 is 0. The van der Waals surface area contributed by atoms with Crippen LogP contribution in [0.1, 0.15) is 26.2 Å². The van der Waals surface area contributed by atoms with E-state index in [9.17, 15) is 5.11 Å². The minimum absolute atomic E-state index is 0.00714. The van der Waals surface area contributed by atoms with Gasteiger partial charge in [0.1, 0.15) is 0 Å². The van der Waals surface area contributed by atoms with E-state index in [-0.39, 0.29) is 12.2 Å². The molecule has 2 aliphatic rings. The first kappa shape index (κ1) is 20.0. The van der Waals surface area contributed by atoms with Crippen molar-refractivity contribution in [2.75, 3.05) is 66.1 Å². The van der Waals surface area contributed by atoms with E-state index in [4.69, 9.17) is 28.4 Å². The highest BCUT2D eigenvalue weighted by Gasteiger charge is 2.37. The van der Waals surface area contributed by atoms with Crippen LogP contribution in [0.4, 0.5) is 0 Å². The summed E-state index contributed by atoms with van der Waals surface area (Å²) in [6.07, 6.45) is 1.97. The molecular formula is C17H32O7. The average Bonchev–Trinajstić information content (AvgIpc) is 2.55. The quantitative estimate of drug-likeness (QED) is 0.693. The molecule has 1 saturated carbocycles. The zero-order valence-electron chi connectivity index (χ0n) is 14.7. The van der Waals surface area contributed by atoms with Crippen molar-refractivity contribution in [3.63, 3.8) is 0 Å². The average molecular weight is 348 g/mol. The maximum absolute atomic E-state index is 10.3. The van der Waals surface area contributed by atoms with E-state index in [2.05, 4.69) is 0 Å². The molecule has 1 N–H and O–H groups in total. The van der Waals surface area contributed by atoms with Gasteiger partial charge in [0.05, 0.1) is 83.9 Å². The van der Waals surface area contributed by atoms with Crippen LogP contribution in [0.3, 0.4) is 0 Å². The highest BCUT2D eigenvalue weighted by atomic mass is 16.6. The Morgan fingerprint density at radius 1 is 0.667 bits per heavy atom. The van der Waals surface area contributed by atoms with Gasteiger partial charge < -0.3 is 33.5 Å². The molecule has 0 amide bonds. The van der Waals surface area contributed by atoms with Gasteiger partial charge in [-0.1, -0.05) is 0 Å². The Kier molecular flexibility index (Phi) is 9.48. The van der Waals surface area contributed by atoms with Crippen molar-refractivity contribution in [1.29, 1.82) is 0 Å². The third-order valence-corrected chi connectivity index (χ3v) is 4.26. The van der Waals surface area contributed by atoms with Crippen molar-refractivity contribution in [3.05, 3.63) is 0 Å². The number of hydrogen-bond donors (Lipinski definition) is 1. The summed E-state index contributed by atoms with van der Waals surface area (Å²) in [7, 11) is 0. The molecule has 142 valence electrons. The third-order valence-electron chi connectivity index (χ3n) is 4.26. The second-order valence-corrected chi connectivity index (χ2v) is 6.51. The number of hydrogen-bond acceptors (Lipinski definition) is 7. The fraction of sp³-hybridized carbons (Fsp3) is 1.00. The molecule has 2 fully saturated rings. The van der Waals surface area contributed by atoms with Crippen molar-refractivity contribution in [1.82, 2.24) is 0 Å². The van der Waals surface area contributed by atoms with Crippen LogP contribution in [0, 0.1) is 0 Å². The molecular weight excluding hydrogens is 316 g/mol. The van der Waals surface area contributed by atoms with Crippen molar-refractivity contribution in [2.45, 2.75) is 44.0 Å². The molecule has 7 heteroatoms. The third kappa shape index (κ3) is 8.20. The van der Waals surface area contributed by atoms with Crippen LogP contribution >= 0.6 is 0 Å². The first-order valence-corrected chi connectivity index (χ1v) is 8.94. The molecule has 0 aromatic heterocycles. The molecule has 1 saturated heterocycles. The van der Waals surface area contributed by atoms with Crippen molar-refractivity contribution in [3.8, 4) is 0 Å². The van der Waals surface area contributed by atoms with E-state index in [0.717, 1.165) is 12.8 Å². The smallest absolute Gasteiger partial charge is 0.0865 e. The lowest BCUT2D eigenvalue weighted by Crippen LogP contribution is -2.46. The molecule has 0 spiro atoms. The van der Waals surface area contributed by atoms with E-state index < -0.39 is 5.60 Å². The molecule has 2 rings (SSSR count). The Morgan fingerprint density at radius 2 is 1.08 bits per heavy atom. The van der Waals surface area contributed by atoms with Crippen LogP contribution in [0.5, 0.6) is 0 Å². The predicted molar refractivity (Wildman–Crippen MR) is 87.2 cm³/mol. The summed E-state index contributed by atoms with van der Waals surface area (Å²) in [6.45, 7) is 7.20. The summed E-state index contributed by atoms with van der Waals surface area (Å²) in [5.41, 5.74) is -0.690. The SMILES string of the molecule is CC1(O)CCC2OCCOCCOCCOCCOCCOC2C1. The van der Waals surface area contributed by atoms with Gasteiger partial charge in [0.15, 0.2) is 0 Å². The highest BCUT2D eigenvalue weighted by molar-refractivity contribution is 4.89. The Morgan fingerprint density at radius 3 is 1.58 bits per heavy atom. The van der Waals surface area contributed by atoms with Gasteiger partial charge in [0, 0.05) is 6.42 Å². The molecule has 3 atom stereocenters. The Labute approximate surface area is 144 Å². The number of aliphatic hydroxyl groups is 1. The molecule has 0 aromatic carbocycles. The number of rotatable bonds is 0. The van der Waals surface area contributed by atoms with Crippen molar-refractivity contribution in [2.24, 2.45) is 0 Å². The largest absolute Gasteiger partial charge is 0.390 e. The van der Waals surface area contributed by atoms with Gasteiger partial charge in [-0.15, -0.1) is 0 Å². The van der Waals surface area contributed by atoms with E-state index >= 15 is 0 Å². The predicted octanol–water partition coefficient (Wildman–Crippen LogP) is 0.772. The van der Waals surface area contributed by atoms with E-state index in [1.165, 1.54) is 0 Å². The fourth-order valence-corrected chi connectivity index (χ4v) is 2.94. The molecule has 7 nitrogen and oxygen atoms in total. The van der Waals surface area contributed by atoms with Crippen LogP contribution in [-0.2, 0) is 28.4 Å². The lowest BCUT2D eigenvalue weighted by Gasteiger charge is -2.39. The first-order chi connectivity index (χ1) is 11.7. The van der Waals surface area contributed by atoms with Crippen LogP contribution in [-0.4, -0.2) is 89.0 Å². The minimum Gasteiger partial charge on any atom is -0.390 e. The molecule has 24 heavy (non-hydrogen) atoms.